The number of fused-ring (bicyclic) bond motifs is 1. The summed E-state index contributed by atoms with van der Waals surface area (Å²) < 4.78 is 0. The van der Waals surface area contributed by atoms with Crippen LogP contribution in [0, 0.1) is 11.3 Å². The number of hydrogen-bond donors (Lipinski definition) is 1. The van der Waals surface area contributed by atoms with Gasteiger partial charge in [0.2, 0.25) is 0 Å². The maximum atomic E-state index is 8.54. The third kappa shape index (κ3) is 0.696. The van der Waals surface area contributed by atoms with E-state index in [1.165, 1.54) is 0 Å². The molecule has 0 aromatic rings. The molecule has 11 heavy (non-hydrogen) atoms. The van der Waals surface area contributed by atoms with Crippen LogP contribution in [0.15, 0.2) is 40.1 Å². The van der Waals surface area contributed by atoms with Gasteiger partial charge >= 0.3 is 0 Å². The second kappa shape index (κ2) is 1.83. The minimum atomic E-state index is 0.501. The highest BCUT2D eigenvalue weighted by molar-refractivity contribution is 6.06. The molecule has 0 aromatic heterocycles. The zero-order valence-corrected chi connectivity index (χ0v) is 5.70. The first-order valence-electron chi connectivity index (χ1n) is 3.19. The van der Waals surface area contributed by atoms with E-state index in [2.05, 4.69) is 4.99 Å². The van der Waals surface area contributed by atoms with Crippen molar-refractivity contribution in [2.24, 2.45) is 10.7 Å². The number of rotatable bonds is 0. The molecule has 0 saturated heterocycles. The molecule has 1 heterocycles. The highest BCUT2D eigenvalue weighted by Crippen LogP contribution is 2.26. The number of hydrogen-bond acceptors (Lipinski definition) is 3. The predicted molar refractivity (Wildman–Crippen MR) is 41.5 cm³/mol. The summed E-state index contributed by atoms with van der Waals surface area (Å²) in [6.45, 7) is 0. The van der Waals surface area contributed by atoms with Gasteiger partial charge in [0.25, 0.3) is 0 Å². The average Bonchev–Trinajstić information content (AvgIpc) is 2.53. The standard InChI is InChI=1S/C8H5N3/c9-3-5-1-6-4-11-8(10)7(6)2-5/h1-2,4H,(H2,10,11). The summed E-state index contributed by atoms with van der Waals surface area (Å²) in [5.74, 6) is 0.501. The van der Waals surface area contributed by atoms with E-state index in [4.69, 9.17) is 11.0 Å². The van der Waals surface area contributed by atoms with Crippen LogP contribution >= 0.6 is 0 Å². The smallest absolute Gasteiger partial charge is 0.131 e. The van der Waals surface area contributed by atoms with Crippen molar-refractivity contribution in [3.8, 4) is 6.07 Å². The van der Waals surface area contributed by atoms with Gasteiger partial charge in [-0.05, 0) is 12.2 Å². The second-order valence-electron chi connectivity index (χ2n) is 2.37. The highest BCUT2D eigenvalue weighted by Gasteiger charge is 2.18. The van der Waals surface area contributed by atoms with E-state index < -0.39 is 0 Å². The van der Waals surface area contributed by atoms with Crippen LogP contribution in [0.25, 0.3) is 0 Å². The maximum absolute atomic E-state index is 8.54. The molecule has 0 aromatic carbocycles. The molecule has 52 valence electrons. The second-order valence-corrected chi connectivity index (χ2v) is 2.37. The van der Waals surface area contributed by atoms with E-state index in [1.54, 1.807) is 18.4 Å². The van der Waals surface area contributed by atoms with Crippen LogP contribution in [-0.4, -0.2) is 5.84 Å². The topological polar surface area (TPSA) is 62.2 Å². The Morgan fingerprint density at radius 1 is 1.45 bits per heavy atom. The molecule has 2 rings (SSSR count). The fourth-order valence-electron chi connectivity index (χ4n) is 1.13. The number of nitrogens with two attached hydrogens (primary N) is 1. The van der Waals surface area contributed by atoms with Crippen molar-refractivity contribution in [2.45, 2.75) is 0 Å². The van der Waals surface area contributed by atoms with Crippen molar-refractivity contribution in [1.82, 2.24) is 0 Å². The molecule has 1 aliphatic heterocycles. The number of nitriles is 1. The first kappa shape index (κ1) is 5.93. The van der Waals surface area contributed by atoms with Gasteiger partial charge in [0, 0.05) is 17.3 Å². The Bertz CT molecular complexity index is 375. The summed E-state index contributed by atoms with van der Waals surface area (Å²) in [4.78, 5) is 3.90. The van der Waals surface area contributed by atoms with Gasteiger partial charge < -0.3 is 5.73 Å². The number of nitrogens with zero attached hydrogens (tertiary/aromatic N) is 2. The van der Waals surface area contributed by atoms with E-state index in [-0.39, 0.29) is 0 Å². The monoisotopic (exact) mass is 143 g/mol. The molecule has 0 amide bonds. The van der Waals surface area contributed by atoms with Crippen LogP contribution in [0.5, 0.6) is 0 Å². The largest absolute Gasteiger partial charge is 0.383 e. The lowest BCUT2D eigenvalue weighted by Gasteiger charge is -1.91. The van der Waals surface area contributed by atoms with Gasteiger partial charge in [0.15, 0.2) is 0 Å². The van der Waals surface area contributed by atoms with Crippen molar-refractivity contribution in [2.75, 3.05) is 0 Å². The Labute approximate surface area is 63.8 Å². The molecule has 0 unspecified atom stereocenters. The minimum absolute atomic E-state index is 0.501. The van der Waals surface area contributed by atoms with E-state index >= 15 is 0 Å². The fraction of sp³-hybridized carbons (Fsp3) is 0. The molecule has 2 aliphatic rings. The van der Waals surface area contributed by atoms with Crippen LogP contribution in [0.2, 0.25) is 0 Å². The molecule has 1 aliphatic carbocycles. The molecule has 0 bridgehead atoms. The normalized spacial score (nSPS) is 19.5. The van der Waals surface area contributed by atoms with E-state index in [0.717, 1.165) is 11.1 Å². The molecular formula is C8H5N3. The summed E-state index contributed by atoms with van der Waals surface area (Å²) in [6.07, 6.45) is 5.20. The number of amidine groups is 1. The molecule has 0 radical (unpaired) electrons. The molecule has 3 heteroatoms. The van der Waals surface area contributed by atoms with Gasteiger partial charge in [-0.3, -0.25) is 0 Å². The molecule has 0 fully saturated rings. The quantitative estimate of drug-likeness (QED) is 0.540. The van der Waals surface area contributed by atoms with Crippen molar-refractivity contribution in [1.29, 1.82) is 5.26 Å². The van der Waals surface area contributed by atoms with Crippen LogP contribution in [-0.2, 0) is 0 Å². The Hall–Kier alpha value is -1.82. The molecular weight excluding hydrogens is 138 g/mol. The van der Waals surface area contributed by atoms with Gasteiger partial charge in [0.05, 0.1) is 11.6 Å². The molecule has 0 spiro atoms. The Kier molecular flexibility index (Phi) is 0.986. The maximum Gasteiger partial charge on any atom is 0.131 e. The average molecular weight is 143 g/mol. The summed E-state index contributed by atoms with van der Waals surface area (Å²) in [5.41, 5.74) is 7.99. The van der Waals surface area contributed by atoms with E-state index in [1.807, 2.05) is 6.07 Å². The van der Waals surface area contributed by atoms with Crippen molar-refractivity contribution < 1.29 is 0 Å². The fourth-order valence-corrected chi connectivity index (χ4v) is 1.13. The number of aliphatic imine (C=N–C) groups is 1. The minimum Gasteiger partial charge on any atom is -0.383 e. The Morgan fingerprint density at radius 2 is 2.27 bits per heavy atom. The van der Waals surface area contributed by atoms with Gasteiger partial charge in [0.1, 0.15) is 5.84 Å². The van der Waals surface area contributed by atoms with Crippen molar-refractivity contribution >= 4 is 5.84 Å². The van der Waals surface area contributed by atoms with Crippen LogP contribution in [0.4, 0.5) is 0 Å². The van der Waals surface area contributed by atoms with E-state index in [0.29, 0.717) is 11.4 Å². The predicted octanol–water partition coefficient (Wildman–Crippen LogP) is 0.631. The van der Waals surface area contributed by atoms with Crippen molar-refractivity contribution in [3.05, 3.63) is 35.1 Å². The van der Waals surface area contributed by atoms with Gasteiger partial charge in [-0.1, -0.05) is 0 Å². The molecule has 0 atom stereocenters. The SMILES string of the molecule is N#CC1=CC2=CN=C(N)C2=C1. The zero-order valence-electron chi connectivity index (χ0n) is 5.70. The van der Waals surface area contributed by atoms with Gasteiger partial charge in [-0.2, -0.15) is 5.26 Å². The highest BCUT2D eigenvalue weighted by atomic mass is 14.9. The third-order valence-electron chi connectivity index (χ3n) is 1.67. The zero-order chi connectivity index (χ0) is 7.84. The van der Waals surface area contributed by atoms with E-state index in [9.17, 15) is 0 Å². The Morgan fingerprint density at radius 3 is 2.91 bits per heavy atom. The third-order valence-corrected chi connectivity index (χ3v) is 1.67. The van der Waals surface area contributed by atoms with Gasteiger partial charge in [-0.15, -0.1) is 0 Å². The van der Waals surface area contributed by atoms with Crippen LogP contribution < -0.4 is 5.73 Å². The summed E-state index contributed by atoms with van der Waals surface area (Å²) >= 11 is 0. The molecule has 2 N–H and O–H groups in total. The Balaban J connectivity index is 2.48. The lowest BCUT2D eigenvalue weighted by molar-refractivity contribution is 1.50. The van der Waals surface area contributed by atoms with Gasteiger partial charge in [-0.25, -0.2) is 4.99 Å². The van der Waals surface area contributed by atoms with Crippen molar-refractivity contribution in [3.63, 3.8) is 0 Å². The summed E-state index contributed by atoms with van der Waals surface area (Å²) in [5, 5.41) is 8.54. The molecule has 0 saturated carbocycles. The summed E-state index contributed by atoms with van der Waals surface area (Å²) in [6, 6.07) is 2.05. The lowest BCUT2D eigenvalue weighted by Crippen LogP contribution is -2.10. The first-order valence-corrected chi connectivity index (χ1v) is 3.19. The first-order chi connectivity index (χ1) is 5.31. The number of allylic oxidation sites excluding steroid dienone is 3. The lowest BCUT2D eigenvalue weighted by atomic mass is 10.2. The summed E-state index contributed by atoms with van der Waals surface area (Å²) in [7, 11) is 0. The molecule has 3 nitrogen and oxygen atoms in total. The van der Waals surface area contributed by atoms with Crippen LogP contribution in [0.1, 0.15) is 0 Å². The van der Waals surface area contributed by atoms with Crippen LogP contribution in [0.3, 0.4) is 0 Å².